The molecule has 0 radical (unpaired) electrons. The fourth-order valence-corrected chi connectivity index (χ4v) is 5.87. The molecule has 2 bridgehead atoms. The van der Waals surface area contributed by atoms with Gasteiger partial charge in [-0.3, -0.25) is 0 Å². The van der Waals surface area contributed by atoms with Gasteiger partial charge in [-0.2, -0.15) is 0 Å². The maximum absolute atomic E-state index is 5.39. The van der Waals surface area contributed by atoms with Crippen molar-refractivity contribution in [3.05, 3.63) is 29.3 Å². The van der Waals surface area contributed by atoms with Crippen LogP contribution in [0, 0.1) is 23.7 Å². The summed E-state index contributed by atoms with van der Waals surface area (Å²) in [6.45, 7) is 0. The molecule has 0 saturated heterocycles. The monoisotopic (exact) mass is 283 g/mol. The number of ether oxygens (including phenoxy) is 1. The van der Waals surface area contributed by atoms with Gasteiger partial charge in [0.25, 0.3) is 0 Å². The zero-order valence-corrected chi connectivity index (χ0v) is 12.8. The second kappa shape index (κ2) is 4.49. The second-order valence-corrected chi connectivity index (χ2v) is 7.69. The number of rotatable bonds is 3. The van der Waals surface area contributed by atoms with E-state index in [9.17, 15) is 0 Å². The highest BCUT2D eigenvalue weighted by molar-refractivity contribution is 5.39. The number of nitrogens with one attached hydrogen (secondary N) is 1. The Bertz CT molecular complexity index is 553. The van der Waals surface area contributed by atoms with Crippen LogP contribution >= 0.6 is 0 Å². The molecule has 2 heteroatoms. The van der Waals surface area contributed by atoms with Crippen LogP contribution in [-0.2, 0) is 6.42 Å². The summed E-state index contributed by atoms with van der Waals surface area (Å²) in [5, 5.41) is 4.05. The Morgan fingerprint density at radius 2 is 1.90 bits per heavy atom. The molecule has 1 aromatic rings. The van der Waals surface area contributed by atoms with Crippen LogP contribution in [0.3, 0.4) is 0 Å². The molecule has 1 aromatic carbocycles. The van der Waals surface area contributed by atoms with Crippen molar-refractivity contribution in [3.63, 3.8) is 0 Å². The number of fused-ring (bicyclic) bond motifs is 6. The lowest BCUT2D eigenvalue weighted by Gasteiger charge is -2.28. The average Bonchev–Trinajstić information content (AvgIpc) is 2.91. The predicted molar refractivity (Wildman–Crippen MR) is 83.4 cm³/mol. The van der Waals surface area contributed by atoms with E-state index in [1.807, 2.05) is 0 Å². The molecule has 1 N–H and O–H groups in total. The van der Waals surface area contributed by atoms with E-state index in [0.29, 0.717) is 6.04 Å². The molecule has 4 aliphatic rings. The minimum Gasteiger partial charge on any atom is -0.497 e. The number of benzene rings is 1. The summed E-state index contributed by atoms with van der Waals surface area (Å²) in [5.74, 6) is 5.21. The molecule has 0 aliphatic heterocycles. The quantitative estimate of drug-likeness (QED) is 0.913. The zero-order chi connectivity index (χ0) is 14.0. The van der Waals surface area contributed by atoms with Crippen LogP contribution in [0.25, 0.3) is 0 Å². The first-order valence-electron chi connectivity index (χ1n) is 8.78. The van der Waals surface area contributed by atoms with Gasteiger partial charge in [0.2, 0.25) is 0 Å². The largest absolute Gasteiger partial charge is 0.497 e. The molecule has 5 unspecified atom stereocenters. The van der Waals surface area contributed by atoms with Gasteiger partial charge in [0.1, 0.15) is 5.75 Å². The molecule has 2 nitrogen and oxygen atoms in total. The molecule has 21 heavy (non-hydrogen) atoms. The first kappa shape index (κ1) is 12.5. The zero-order valence-electron chi connectivity index (χ0n) is 12.8. The highest BCUT2D eigenvalue weighted by atomic mass is 16.5. The molecule has 5 atom stereocenters. The van der Waals surface area contributed by atoms with E-state index >= 15 is 0 Å². The Morgan fingerprint density at radius 1 is 1.10 bits per heavy atom. The lowest BCUT2D eigenvalue weighted by atomic mass is 9.87. The fraction of sp³-hybridized carbons (Fsp3) is 0.684. The highest BCUT2D eigenvalue weighted by Crippen LogP contribution is 2.66. The number of hydrogen-bond acceptors (Lipinski definition) is 2. The standard InChI is InChI=1S/C19H25NO/c1-21-14-7-8-15-11(10-14)3-2-4-16(15)20-19-17-12-5-6-13(9-12)18(17)19/h7-8,10,12-13,16-20H,2-6,9H2,1H3. The first-order chi connectivity index (χ1) is 10.3. The van der Waals surface area contributed by atoms with E-state index in [2.05, 4.69) is 23.5 Å². The summed E-state index contributed by atoms with van der Waals surface area (Å²) >= 11 is 0. The lowest BCUT2D eigenvalue weighted by molar-refractivity contribution is 0.389. The van der Waals surface area contributed by atoms with Gasteiger partial charge in [-0.25, -0.2) is 0 Å². The van der Waals surface area contributed by atoms with Crippen LogP contribution in [0.15, 0.2) is 18.2 Å². The topological polar surface area (TPSA) is 21.3 Å². The summed E-state index contributed by atoms with van der Waals surface area (Å²) in [6, 6.07) is 8.12. The molecule has 3 fully saturated rings. The van der Waals surface area contributed by atoms with Gasteiger partial charge in [0.05, 0.1) is 7.11 Å². The fourth-order valence-electron chi connectivity index (χ4n) is 5.87. The average molecular weight is 283 g/mol. The van der Waals surface area contributed by atoms with Gasteiger partial charge in [-0.15, -0.1) is 0 Å². The molecular weight excluding hydrogens is 258 g/mol. The summed E-state index contributed by atoms with van der Waals surface area (Å²) < 4.78 is 5.39. The molecule has 4 aliphatic carbocycles. The minimum absolute atomic E-state index is 0.592. The van der Waals surface area contributed by atoms with Crippen molar-refractivity contribution in [2.75, 3.05) is 7.11 Å². The van der Waals surface area contributed by atoms with E-state index in [0.717, 1.165) is 35.5 Å². The minimum atomic E-state index is 0.592. The first-order valence-corrected chi connectivity index (χ1v) is 8.78. The maximum atomic E-state index is 5.39. The van der Waals surface area contributed by atoms with Crippen LogP contribution in [0.5, 0.6) is 5.75 Å². The molecule has 0 heterocycles. The van der Waals surface area contributed by atoms with E-state index in [-0.39, 0.29) is 0 Å². The van der Waals surface area contributed by atoms with E-state index in [4.69, 9.17) is 4.74 Å². The van der Waals surface area contributed by atoms with Gasteiger partial charge in [0.15, 0.2) is 0 Å². The Hall–Kier alpha value is -1.02. The Balaban J connectivity index is 1.35. The third-order valence-electron chi connectivity index (χ3n) is 6.79. The maximum Gasteiger partial charge on any atom is 0.119 e. The summed E-state index contributed by atoms with van der Waals surface area (Å²) in [4.78, 5) is 0. The normalized spacial score (nSPS) is 42.5. The molecule has 0 amide bonds. The second-order valence-electron chi connectivity index (χ2n) is 7.69. The summed E-state index contributed by atoms with van der Waals surface area (Å²) in [7, 11) is 1.77. The van der Waals surface area contributed by atoms with Gasteiger partial charge < -0.3 is 10.1 Å². The SMILES string of the molecule is COc1ccc2c(c1)CCCC2NC1C2C3CCC(C3)C12. The van der Waals surface area contributed by atoms with Crippen molar-refractivity contribution in [3.8, 4) is 5.75 Å². The Morgan fingerprint density at radius 3 is 2.67 bits per heavy atom. The van der Waals surface area contributed by atoms with E-state index in [1.165, 1.54) is 37.7 Å². The number of aryl methyl sites for hydroxylation is 1. The third-order valence-corrected chi connectivity index (χ3v) is 6.79. The summed E-state index contributed by atoms with van der Waals surface area (Å²) in [5.41, 5.74) is 3.05. The molecule has 5 rings (SSSR count). The van der Waals surface area contributed by atoms with Crippen LogP contribution in [-0.4, -0.2) is 13.2 Å². The molecule has 0 aromatic heterocycles. The van der Waals surface area contributed by atoms with Gasteiger partial charge in [-0.05, 0) is 85.5 Å². The Labute approximate surface area is 127 Å². The van der Waals surface area contributed by atoms with Crippen molar-refractivity contribution in [2.45, 2.75) is 50.6 Å². The highest BCUT2D eigenvalue weighted by Gasteiger charge is 2.65. The smallest absolute Gasteiger partial charge is 0.119 e. The van der Waals surface area contributed by atoms with Gasteiger partial charge in [0, 0.05) is 12.1 Å². The van der Waals surface area contributed by atoms with Crippen molar-refractivity contribution >= 4 is 0 Å². The number of methoxy groups -OCH3 is 1. The molecule has 0 spiro atoms. The van der Waals surface area contributed by atoms with Crippen LogP contribution < -0.4 is 10.1 Å². The van der Waals surface area contributed by atoms with Crippen molar-refractivity contribution in [2.24, 2.45) is 23.7 Å². The number of hydrogen-bond donors (Lipinski definition) is 1. The molecule has 3 saturated carbocycles. The van der Waals surface area contributed by atoms with Crippen LogP contribution in [0.4, 0.5) is 0 Å². The summed E-state index contributed by atoms with van der Waals surface area (Å²) in [6.07, 6.45) is 8.42. The van der Waals surface area contributed by atoms with Gasteiger partial charge >= 0.3 is 0 Å². The lowest BCUT2D eigenvalue weighted by Crippen LogP contribution is -2.30. The predicted octanol–water partition coefficient (Wildman–Crippen LogP) is 3.71. The Kier molecular flexibility index (Phi) is 2.67. The van der Waals surface area contributed by atoms with E-state index in [1.54, 1.807) is 19.1 Å². The van der Waals surface area contributed by atoms with Crippen molar-refractivity contribution < 1.29 is 4.74 Å². The van der Waals surface area contributed by atoms with Crippen molar-refractivity contribution in [1.82, 2.24) is 5.32 Å². The van der Waals surface area contributed by atoms with Crippen LogP contribution in [0.1, 0.15) is 49.3 Å². The van der Waals surface area contributed by atoms with Crippen molar-refractivity contribution in [1.29, 1.82) is 0 Å². The molecular formula is C19H25NO. The third kappa shape index (κ3) is 1.81. The van der Waals surface area contributed by atoms with E-state index < -0.39 is 0 Å². The van der Waals surface area contributed by atoms with Gasteiger partial charge in [-0.1, -0.05) is 6.07 Å². The van der Waals surface area contributed by atoms with Crippen LogP contribution in [0.2, 0.25) is 0 Å². The molecule has 112 valence electrons.